The number of nitrogens with zero attached hydrogens (tertiary/aromatic N) is 4. The Hall–Kier alpha value is -2.42. The van der Waals surface area contributed by atoms with Crippen molar-refractivity contribution in [1.82, 2.24) is 19.9 Å². The summed E-state index contributed by atoms with van der Waals surface area (Å²) in [7, 11) is 0. The summed E-state index contributed by atoms with van der Waals surface area (Å²) in [6.45, 7) is 1.97. The van der Waals surface area contributed by atoms with Crippen LogP contribution in [0.25, 0.3) is 5.65 Å². The van der Waals surface area contributed by atoms with Gasteiger partial charge in [0.25, 0.3) is 5.91 Å². The van der Waals surface area contributed by atoms with Gasteiger partial charge in [-0.05, 0) is 18.6 Å². The van der Waals surface area contributed by atoms with Crippen molar-refractivity contribution in [3.8, 4) is 6.07 Å². The summed E-state index contributed by atoms with van der Waals surface area (Å²) in [4.78, 5) is 15.9. The van der Waals surface area contributed by atoms with Gasteiger partial charge in [0.1, 0.15) is 12.4 Å². The number of carbonyl (C=O) groups excluding carboxylic acids is 1. The van der Waals surface area contributed by atoms with Gasteiger partial charge in [0.2, 0.25) is 0 Å². The largest absolute Gasteiger partial charge is 0.336 e. The topological polar surface area (TPSA) is 83.1 Å². The number of nitriles is 1. The van der Waals surface area contributed by atoms with E-state index in [1.807, 2.05) is 6.92 Å². The first-order valence-corrected chi connectivity index (χ1v) is 5.74. The zero-order valence-corrected chi connectivity index (χ0v) is 10.00. The SMILES string of the molecule is CCCC(C#N)NC(=O)c1ccc2ncnn2c1. The molecular weight excluding hydrogens is 230 g/mol. The molecule has 0 spiro atoms. The van der Waals surface area contributed by atoms with Crippen LogP contribution in [0.15, 0.2) is 24.7 Å². The van der Waals surface area contributed by atoms with Gasteiger partial charge in [-0.1, -0.05) is 13.3 Å². The highest BCUT2D eigenvalue weighted by atomic mass is 16.1. The summed E-state index contributed by atoms with van der Waals surface area (Å²) in [5.41, 5.74) is 1.14. The lowest BCUT2D eigenvalue weighted by molar-refractivity contribution is 0.0943. The molecule has 0 aliphatic carbocycles. The fraction of sp³-hybridized carbons (Fsp3) is 0.333. The average molecular weight is 243 g/mol. The second-order valence-electron chi connectivity index (χ2n) is 3.92. The van der Waals surface area contributed by atoms with Crippen molar-refractivity contribution in [2.24, 2.45) is 0 Å². The summed E-state index contributed by atoms with van der Waals surface area (Å²) in [5.74, 6) is -0.271. The molecule has 2 aromatic rings. The maximum Gasteiger partial charge on any atom is 0.253 e. The van der Waals surface area contributed by atoms with E-state index in [1.54, 1.807) is 18.3 Å². The lowest BCUT2D eigenvalue weighted by atomic mass is 10.1. The van der Waals surface area contributed by atoms with E-state index in [4.69, 9.17) is 5.26 Å². The van der Waals surface area contributed by atoms with E-state index < -0.39 is 6.04 Å². The van der Waals surface area contributed by atoms with Crippen LogP contribution in [-0.4, -0.2) is 26.5 Å². The van der Waals surface area contributed by atoms with E-state index in [-0.39, 0.29) is 5.91 Å². The van der Waals surface area contributed by atoms with Gasteiger partial charge < -0.3 is 5.32 Å². The van der Waals surface area contributed by atoms with Crippen LogP contribution in [0.4, 0.5) is 0 Å². The van der Waals surface area contributed by atoms with E-state index >= 15 is 0 Å². The van der Waals surface area contributed by atoms with Crippen molar-refractivity contribution in [2.75, 3.05) is 0 Å². The molecule has 6 heteroatoms. The molecule has 6 nitrogen and oxygen atoms in total. The van der Waals surface area contributed by atoms with Crippen molar-refractivity contribution in [3.05, 3.63) is 30.2 Å². The number of hydrogen-bond acceptors (Lipinski definition) is 4. The van der Waals surface area contributed by atoms with Gasteiger partial charge in [-0.15, -0.1) is 0 Å². The number of rotatable bonds is 4. The fourth-order valence-corrected chi connectivity index (χ4v) is 1.65. The van der Waals surface area contributed by atoms with Gasteiger partial charge in [-0.3, -0.25) is 4.79 Å². The second-order valence-corrected chi connectivity index (χ2v) is 3.92. The Kier molecular flexibility index (Phi) is 3.53. The summed E-state index contributed by atoms with van der Waals surface area (Å²) in [6.07, 6.45) is 4.51. The number of carbonyl (C=O) groups is 1. The zero-order valence-electron chi connectivity index (χ0n) is 10.00. The van der Waals surface area contributed by atoms with Gasteiger partial charge in [0.15, 0.2) is 5.65 Å². The molecule has 0 aliphatic rings. The molecule has 1 unspecified atom stereocenters. The summed E-state index contributed by atoms with van der Waals surface area (Å²) >= 11 is 0. The maximum absolute atomic E-state index is 11.9. The van der Waals surface area contributed by atoms with Crippen molar-refractivity contribution < 1.29 is 4.79 Å². The third-order valence-corrected chi connectivity index (χ3v) is 2.57. The first-order chi connectivity index (χ1) is 8.74. The Morgan fingerprint density at radius 3 is 3.17 bits per heavy atom. The molecule has 0 radical (unpaired) electrons. The van der Waals surface area contributed by atoms with Crippen LogP contribution in [0.3, 0.4) is 0 Å². The van der Waals surface area contributed by atoms with Crippen LogP contribution in [0.5, 0.6) is 0 Å². The fourth-order valence-electron chi connectivity index (χ4n) is 1.65. The molecule has 2 heterocycles. The summed E-state index contributed by atoms with van der Waals surface area (Å²) < 4.78 is 1.52. The zero-order chi connectivity index (χ0) is 13.0. The minimum absolute atomic E-state index is 0.271. The molecule has 0 bridgehead atoms. The van der Waals surface area contributed by atoms with Gasteiger partial charge in [-0.2, -0.15) is 10.4 Å². The highest BCUT2D eigenvalue weighted by molar-refractivity contribution is 5.94. The lowest BCUT2D eigenvalue weighted by Gasteiger charge is -2.10. The molecule has 2 rings (SSSR count). The van der Waals surface area contributed by atoms with Crippen LogP contribution in [0, 0.1) is 11.3 Å². The van der Waals surface area contributed by atoms with Gasteiger partial charge in [-0.25, -0.2) is 9.50 Å². The van der Waals surface area contributed by atoms with Crippen LogP contribution >= 0.6 is 0 Å². The molecule has 0 saturated carbocycles. The predicted octanol–water partition coefficient (Wildman–Crippen LogP) is 1.15. The normalized spacial score (nSPS) is 12.0. The third kappa shape index (κ3) is 2.46. The van der Waals surface area contributed by atoms with Crippen molar-refractivity contribution in [3.63, 3.8) is 0 Å². The molecule has 2 aromatic heterocycles. The minimum atomic E-state index is -0.450. The number of nitrogens with one attached hydrogen (secondary N) is 1. The molecule has 0 fully saturated rings. The lowest BCUT2D eigenvalue weighted by Crippen LogP contribution is -2.33. The Morgan fingerprint density at radius 2 is 2.44 bits per heavy atom. The Balaban J connectivity index is 2.15. The number of hydrogen-bond donors (Lipinski definition) is 1. The first kappa shape index (κ1) is 12.0. The number of amides is 1. The third-order valence-electron chi connectivity index (χ3n) is 2.57. The molecule has 1 atom stereocenters. The van der Waals surface area contributed by atoms with Gasteiger partial charge in [0, 0.05) is 6.20 Å². The highest BCUT2D eigenvalue weighted by Crippen LogP contribution is 2.04. The van der Waals surface area contributed by atoms with E-state index in [1.165, 1.54) is 10.8 Å². The van der Waals surface area contributed by atoms with E-state index in [9.17, 15) is 4.79 Å². The van der Waals surface area contributed by atoms with Gasteiger partial charge in [0.05, 0.1) is 11.6 Å². The average Bonchev–Trinajstić information content (AvgIpc) is 2.85. The van der Waals surface area contributed by atoms with Gasteiger partial charge >= 0.3 is 0 Å². The molecule has 1 amide bonds. The highest BCUT2D eigenvalue weighted by Gasteiger charge is 2.12. The van der Waals surface area contributed by atoms with Crippen LogP contribution in [-0.2, 0) is 0 Å². The molecule has 1 N–H and O–H groups in total. The van der Waals surface area contributed by atoms with E-state index in [0.717, 1.165) is 6.42 Å². The van der Waals surface area contributed by atoms with Crippen LogP contribution in [0.2, 0.25) is 0 Å². The minimum Gasteiger partial charge on any atom is -0.336 e. The summed E-state index contributed by atoms with van der Waals surface area (Å²) in [5, 5.41) is 15.5. The van der Waals surface area contributed by atoms with Crippen molar-refractivity contribution in [2.45, 2.75) is 25.8 Å². The molecule has 92 valence electrons. The number of pyridine rings is 1. The van der Waals surface area contributed by atoms with Crippen molar-refractivity contribution in [1.29, 1.82) is 5.26 Å². The van der Waals surface area contributed by atoms with Crippen LogP contribution < -0.4 is 5.32 Å². The smallest absolute Gasteiger partial charge is 0.253 e. The Morgan fingerprint density at radius 1 is 1.61 bits per heavy atom. The summed E-state index contributed by atoms with van der Waals surface area (Å²) in [6, 6.07) is 5.00. The first-order valence-electron chi connectivity index (χ1n) is 5.74. The number of fused-ring (bicyclic) bond motifs is 1. The molecule has 0 saturated heterocycles. The monoisotopic (exact) mass is 243 g/mol. The molecule has 0 aliphatic heterocycles. The Labute approximate surface area is 104 Å². The quantitative estimate of drug-likeness (QED) is 0.873. The standard InChI is InChI=1S/C12H13N5O/c1-2-3-10(6-13)16-12(18)9-4-5-11-14-8-15-17(11)7-9/h4-5,7-8,10H,2-3H2,1H3,(H,16,18). The van der Waals surface area contributed by atoms with E-state index in [0.29, 0.717) is 17.6 Å². The van der Waals surface area contributed by atoms with E-state index in [2.05, 4.69) is 21.5 Å². The number of aromatic nitrogens is 3. The molecule has 18 heavy (non-hydrogen) atoms. The molecular formula is C12H13N5O. The van der Waals surface area contributed by atoms with Crippen molar-refractivity contribution >= 4 is 11.6 Å². The molecule has 0 aromatic carbocycles. The predicted molar refractivity (Wildman–Crippen MR) is 64.8 cm³/mol. The second kappa shape index (κ2) is 5.27. The van der Waals surface area contributed by atoms with Crippen LogP contribution in [0.1, 0.15) is 30.1 Å². The Bertz CT molecular complexity index is 598. The maximum atomic E-state index is 11.9.